The lowest BCUT2D eigenvalue weighted by Crippen LogP contribution is -2.46. The maximum Gasteiger partial charge on any atom is 0.330 e. The Morgan fingerprint density at radius 1 is 1.28 bits per heavy atom. The molecule has 1 aliphatic rings. The Bertz CT molecular complexity index is 859. The maximum atomic E-state index is 15.7. The van der Waals surface area contributed by atoms with Gasteiger partial charge < -0.3 is 14.2 Å². The number of ketones is 1. The molecular weight excluding hydrogens is 387 g/mol. The zero-order valence-electron chi connectivity index (χ0n) is 17.1. The highest BCUT2D eigenvalue weighted by Crippen LogP contribution is 2.42. The Balaban J connectivity index is 2.29. The van der Waals surface area contributed by atoms with Gasteiger partial charge in [0.2, 0.25) is 0 Å². The maximum absolute atomic E-state index is 15.7. The average Bonchev–Trinajstić information content (AvgIpc) is 2.85. The molecule has 4 atom stereocenters. The lowest BCUT2D eigenvalue weighted by atomic mass is 9.98. The van der Waals surface area contributed by atoms with Gasteiger partial charge in [-0.1, -0.05) is 27.7 Å². The molecule has 1 aliphatic heterocycles. The fourth-order valence-corrected chi connectivity index (χ4v) is 2.84. The largest absolute Gasteiger partial charge is 0.456 e. The number of carbonyl (C=O) groups is 2. The first kappa shape index (κ1) is 23.0. The number of rotatable bonds is 8. The summed E-state index contributed by atoms with van der Waals surface area (Å²) in [7, 11) is 0. The number of nitrogens with zero attached hydrogens (tertiary/aromatic N) is 1. The summed E-state index contributed by atoms with van der Waals surface area (Å²) in [5.41, 5.74) is -3.81. The Labute approximate surface area is 167 Å². The van der Waals surface area contributed by atoms with Crippen molar-refractivity contribution in [3.8, 4) is 0 Å². The molecule has 1 fully saturated rings. The van der Waals surface area contributed by atoms with Crippen molar-refractivity contribution < 1.29 is 28.2 Å². The summed E-state index contributed by atoms with van der Waals surface area (Å²) in [6.45, 7) is 7.38. The predicted octanol–water partition coefficient (Wildman–Crippen LogP) is 0.972. The minimum atomic E-state index is -2.30. The SMILES string of the molecule is CC(C)C(=O)COC[C@H]1O[C@@H](n2ccc(=O)[nH]c2=O)[C@](C)(F)[C@@H]1OC(=O)C(C)C. The van der Waals surface area contributed by atoms with Crippen LogP contribution in [-0.4, -0.2) is 52.4 Å². The molecule has 1 N–H and O–H groups in total. The van der Waals surface area contributed by atoms with E-state index in [4.69, 9.17) is 14.2 Å². The number of esters is 1. The van der Waals surface area contributed by atoms with Gasteiger partial charge in [0.15, 0.2) is 23.8 Å². The second-order valence-corrected chi connectivity index (χ2v) is 7.84. The Morgan fingerprint density at radius 3 is 2.48 bits per heavy atom. The van der Waals surface area contributed by atoms with Crippen LogP contribution in [0.5, 0.6) is 0 Å². The van der Waals surface area contributed by atoms with E-state index in [0.29, 0.717) is 0 Å². The summed E-state index contributed by atoms with van der Waals surface area (Å²) in [6.07, 6.45) is -2.80. The zero-order valence-corrected chi connectivity index (χ0v) is 17.1. The van der Waals surface area contributed by atoms with Crippen molar-refractivity contribution in [3.05, 3.63) is 33.1 Å². The van der Waals surface area contributed by atoms with Gasteiger partial charge in [0.25, 0.3) is 5.56 Å². The van der Waals surface area contributed by atoms with Gasteiger partial charge in [0.05, 0.1) is 12.5 Å². The number of hydrogen-bond donors (Lipinski definition) is 1. The third-order valence-corrected chi connectivity index (χ3v) is 4.67. The number of ether oxygens (including phenoxy) is 3. The summed E-state index contributed by atoms with van der Waals surface area (Å²) in [5, 5.41) is 0. The molecule has 0 amide bonds. The van der Waals surface area contributed by atoms with E-state index in [9.17, 15) is 19.2 Å². The molecule has 29 heavy (non-hydrogen) atoms. The molecule has 1 saturated heterocycles. The van der Waals surface area contributed by atoms with Crippen molar-refractivity contribution in [1.29, 1.82) is 0 Å². The smallest absolute Gasteiger partial charge is 0.330 e. The minimum absolute atomic E-state index is 0.143. The normalized spacial score (nSPS) is 26.8. The molecule has 0 bridgehead atoms. The first-order valence-corrected chi connectivity index (χ1v) is 9.42. The van der Waals surface area contributed by atoms with E-state index < -0.39 is 47.2 Å². The first-order chi connectivity index (χ1) is 13.4. The summed E-state index contributed by atoms with van der Waals surface area (Å²) < 4.78 is 33.0. The second-order valence-electron chi connectivity index (χ2n) is 7.84. The van der Waals surface area contributed by atoms with Crippen molar-refractivity contribution >= 4 is 11.8 Å². The first-order valence-electron chi connectivity index (χ1n) is 9.42. The molecule has 162 valence electrons. The van der Waals surface area contributed by atoms with Gasteiger partial charge >= 0.3 is 11.7 Å². The molecule has 2 rings (SSSR count). The third-order valence-electron chi connectivity index (χ3n) is 4.67. The highest BCUT2D eigenvalue weighted by molar-refractivity contribution is 5.81. The van der Waals surface area contributed by atoms with Crippen LogP contribution in [0.1, 0.15) is 40.8 Å². The number of carbonyl (C=O) groups excluding carboxylic acids is 2. The number of nitrogens with one attached hydrogen (secondary N) is 1. The summed E-state index contributed by atoms with van der Waals surface area (Å²) >= 11 is 0. The van der Waals surface area contributed by atoms with Gasteiger partial charge in [-0.2, -0.15) is 0 Å². The fraction of sp³-hybridized carbons (Fsp3) is 0.684. The Kier molecular flexibility index (Phi) is 7.12. The molecule has 0 aromatic carbocycles. The third kappa shape index (κ3) is 5.18. The Morgan fingerprint density at radius 2 is 1.93 bits per heavy atom. The van der Waals surface area contributed by atoms with Crippen molar-refractivity contribution in [1.82, 2.24) is 9.55 Å². The van der Waals surface area contributed by atoms with E-state index in [1.807, 2.05) is 4.98 Å². The van der Waals surface area contributed by atoms with Gasteiger partial charge in [0.1, 0.15) is 12.7 Å². The van der Waals surface area contributed by atoms with Crippen LogP contribution >= 0.6 is 0 Å². The van der Waals surface area contributed by atoms with Crippen molar-refractivity contribution in [2.75, 3.05) is 13.2 Å². The summed E-state index contributed by atoms with van der Waals surface area (Å²) in [4.78, 5) is 49.3. The van der Waals surface area contributed by atoms with Crippen LogP contribution in [0.25, 0.3) is 0 Å². The number of H-pyrrole nitrogens is 1. The van der Waals surface area contributed by atoms with Crippen molar-refractivity contribution in [2.45, 2.75) is 58.7 Å². The van der Waals surface area contributed by atoms with E-state index >= 15 is 4.39 Å². The van der Waals surface area contributed by atoms with Crippen LogP contribution in [-0.2, 0) is 23.8 Å². The molecule has 9 nitrogen and oxygen atoms in total. The number of Topliss-reactive ketones (excluding diaryl/α,β-unsaturated/α-hetero) is 1. The van der Waals surface area contributed by atoms with Crippen molar-refractivity contribution in [2.24, 2.45) is 11.8 Å². The minimum Gasteiger partial charge on any atom is -0.456 e. The number of alkyl halides is 1. The van der Waals surface area contributed by atoms with E-state index in [1.165, 1.54) is 0 Å². The van der Waals surface area contributed by atoms with E-state index in [-0.39, 0.29) is 24.9 Å². The Hall–Kier alpha value is -2.33. The van der Waals surface area contributed by atoms with Gasteiger partial charge in [-0.05, 0) is 6.92 Å². The molecule has 1 aromatic rings. The summed E-state index contributed by atoms with van der Waals surface area (Å²) in [5.74, 6) is -1.52. The quantitative estimate of drug-likeness (QED) is 0.630. The zero-order chi connectivity index (χ0) is 21.9. The molecular formula is C19H27FN2O7. The van der Waals surface area contributed by atoms with Crippen LogP contribution < -0.4 is 11.2 Å². The van der Waals surface area contributed by atoms with Gasteiger partial charge in [-0.3, -0.25) is 23.9 Å². The van der Waals surface area contributed by atoms with Gasteiger partial charge in [-0.15, -0.1) is 0 Å². The number of aromatic amines is 1. The van der Waals surface area contributed by atoms with Crippen LogP contribution in [0.2, 0.25) is 0 Å². The van der Waals surface area contributed by atoms with E-state index in [2.05, 4.69) is 0 Å². The van der Waals surface area contributed by atoms with E-state index in [1.54, 1.807) is 27.7 Å². The molecule has 0 saturated carbocycles. The fourth-order valence-electron chi connectivity index (χ4n) is 2.84. The second kappa shape index (κ2) is 9.00. The highest BCUT2D eigenvalue weighted by atomic mass is 19.1. The van der Waals surface area contributed by atoms with Crippen LogP contribution in [0.3, 0.4) is 0 Å². The molecule has 2 heterocycles. The van der Waals surface area contributed by atoms with Crippen molar-refractivity contribution in [3.63, 3.8) is 0 Å². The predicted molar refractivity (Wildman–Crippen MR) is 100 cm³/mol. The van der Waals surface area contributed by atoms with Crippen LogP contribution in [0, 0.1) is 11.8 Å². The molecule has 10 heteroatoms. The lowest BCUT2D eigenvalue weighted by Gasteiger charge is -2.28. The number of hydrogen-bond acceptors (Lipinski definition) is 7. The monoisotopic (exact) mass is 414 g/mol. The van der Waals surface area contributed by atoms with E-state index in [0.717, 1.165) is 23.8 Å². The van der Waals surface area contributed by atoms with Crippen LogP contribution in [0.4, 0.5) is 4.39 Å². The van der Waals surface area contributed by atoms with Crippen LogP contribution in [0.15, 0.2) is 21.9 Å². The molecule has 1 aromatic heterocycles. The van der Waals surface area contributed by atoms with Gasteiger partial charge in [-0.25, -0.2) is 9.18 Å². The highest BCUT2D eigenvalue weighted by Gasteiger charge is 2.58. The number of aromatic nitrogens is 2. The molecule has 0 unspecified atom stereocenters. The lowest BCUT2D eigenvalue weighted by molar-refractivity contribution is -0.163. The molecule has 0 aliphatic carbocycles. The number of halogens is 1. The summed E-state index contributed by atoms with van der Waals surface area (Å²) in [6, 6.07) is 1.06. The molecule has 0 radical (unpaired) electrons. The molecule has 0 spiro atoms. The topological polar surface area (TPSA) is 117 Å². The average molecular weight is 414 g/mol. The van der Waals surface area contributed by atoms with Gasteiger partial charge in [0, 0.05) is 18.2 Å². The standard InChI is InChI=1S/C19H27FN2O7/c1-10(2)12(23)8-27-9-13-15(29-16(25)11(3)4)19(5,20)17(28-13)22-7-6-14(24)21-18(22)26/h6-7,10-11,13,15,17H,8-9H2,1-5H3,(H,21,24,26)/t13-,15-,17-,19-/m1/s1.